The largest absolute Gasteiger partial charge is 0.352 e. The van der Waals surface area contributed by atoms with Crippen molar-refractivity contribution in [3.05, 3.63) is 24.3 Å². The van der Waals surface area contributed by atoms with E-state index in [4.69, 9.17) is 0 Å². The number of anilines is 3. The second-order valence-electron chi connectivity index (χ2n) is 6.98. The number of carbonyl (C=O) groups is 2. The fourth-order valence-electron chi connectivity index (χ4n) is 3.23. The molecule has 1 aliphatic carbocycles. The summed E-state index contributed by atoms with van der Waals surface area (Å²) in [5.74, 6) is 0.827. The first-order chi connectivity index (χ1) is 13.5. The molecule has 0 radical (unpaired) electrons. The van der Waals surface area contributed by atoms with E-state index < -0.39 is 0 Å². The summed E-state index contributed by atoms with van der Waals surface area (Å²) in [6, 6.07) is 7.68. The van der Waals surface area contributed by atoms with Crippen LogP contribution in [0.3, 0.4) is 0 Å². The Labute approximate surface area is 173 Å². The molecule has 2 atom stereocenters. The van der Waals surface area contributed by atoms with Gasteiger partial charge in [0.2, 0.25) is 16.9 Å². The van der Waals surface area contributed by atoms with Crippen LogP contribution in [0.25, 0.3) is 0 Å². The lowest BCUT2D eigenvalue weighted by molar-refractivity contribution is -0.119. The van der Waals surface area contributed by atoms with Crippen molar-refractivity contribution in [1.82, 2.24) is 15.5 Å². The molecular formula is C19H25N5O2S2. The molecule has 0 saturated heterocycles. The van der Waals surface area contributed by atoms with Crippen molar-refractivity contribution in [3.8, 4) is 0 Å². The first kappa shape index (κ1) is 20.6. The molecule has 1 aliphatic rings. The van der Waals surface area contributed by atoms with Crippen LogP contribution >= 0.6 is 23.1 Å². The molecule has 0 spiro atoms. The number of thioether (sulfide) groups is 1. The molecule has 1 saturated carbocycles. The van der Waals surface area contributed by atoms with E-state index in [9.17, 15) is 9.59 Å². The van der Waals surface area contributed by atoms with Crippen LogP contribution in [0.4, 0.5) is 16.5 Å². The molecule has 3 rings (SSSR count). The van der Waals surface area contributed by atoms with Gasteiger partial charge < -0.3 is 16.0 Å². The van der Waals surface area contributed by atoms with E-state index in [1.165, 1.54) is 49.3 Å². The summed E-state index contributed by atoms with van der Waals surface area (Å²) >= 11 is 2.80. The van der Waals surface area contributed by atoms with E-state index in [0.29, 0.717) is 28.5 Å². The minimum absolute atomic E-state index is 0.0523. The Bertz CT molecular complexity index is 826. The van der Waals surface area contributed by atoms with E-state index in [2.05, 4.69) is 33.1 Å². The number of amides is 2. The Morgan fingerprint density at radius 1 is 1.21 bits per heavy atom. The van der Waals surface area contributed by atoms with Gasteiger partial charge in [-0.25, -0.2) is 0 Å². The molecule has 2 unspecified atom stereocenters. The Morgan fingerprint density at radius 3 is 2.79 bits per heavy atom. The normalized spacial score (nSPS) is 19.1. The van der Waals surface area contributed by atoms with Crippen molar-refractivity contribution in [2.45, 2.75) is 49.9 Å². The molecule has 28 heavy (non-hydrogen) atoms. The summed E-state index contributed by atoms with van der Waals surface area (Å²) in [7, 11) is 0. The highest BCUT2D eigenvalue weighted by molar-refractivity contribution is 8.01. The molecule has 0 bridgehead atoms. The summed E-state index contributed by atoms with van der Waals surface area (Å²) < 4.78 is 0.743. The number of benzene rings is 1. The Kier molecular flexibility index (Phi) is 7.27. The van der Waals surface area contributed by atoms with Gasteiger partial charge in [0, 0.05) is 24.3 Å². The standard InChI is InChI=1S/C19H25N5O2S2/c1-12-6-3-4-9-16(12)22-17(26)11-27-19-24-23-18(28-19)21-15-8-5-7-14(10-15)20-13(2)25/h5,7-8,10,12,16H,3-4,6,9,11H2,1-2H3,(H,20,25)(H,21,23)(H,22,26). The molecule has 1 aromatic carbocycles. The lowest BCUT2D eigenvalue weighted by atomic mass is 9.86. The molecular weight excluding hydrogens is 394 g/mol. The van der Waals surface area contributed by atoms with Crippen LogP contribution in [0.5, 0.6) is 0 Å². The Hall–Kier alpha value is -2.13. The van der Waals surface area contributed by atoms with E-state index in [-0.39, 0.29) is 11.8 Å². The van der Waals surface area contributed by atoms with Crippen LogP contribution in [-0.4, -0.2) is 33.8 Å². The predicted octanol–water partition coefficient (Wildman–Crippen LogP) is 4.03. The quantitative estimate of drug-likeness (QED) is 0.587. The van der Waals surface area contributed by atoms with Crippen molar-refractivity contribution in [1.29, 1.82) is 0 Å². The second kappa shape index (κ2) is 9.88. The monoisotopic (exact) mass is 419 g/mol. The smallest absolute Gasteiger partial charge is 0.230 e. The number of carbonyl (C=O) groups excluding carboxylic acids is 2. The first-order valence-electron chi connectivity index (χ1n) is 9.40. The number of rotatable bonds is 7. The fraction of sp³-hybridized carbons (Fsp3) is 0.474. The molecule has 2 aromatic rings. The van der Waals surface area contributed by atoms with Gasteiger partial charge >= 0.3 is 0 Å². The number of hydrogen-bond donors (Lipinski definition) is 3. The molecule has 9 heteroatoms. The second-order valence-corrected chi connectivity index (χ2v) is 9.18. The number of hydrogen-bond acceptors (Lipinski definition) is 7. The number of nitrogens with one attached hydrogen (secondary N) is 3. The van der Waals surface area contributed by atoms with Gasteiger partial charge in [0.1, 0.15) is 0 Å². The van der Waals surface area contributed by atoms with Gasteiger partial charge in [0.25, 0.3) is 0 Å². The lowest BCUT2D eigenvalue weighted by Crippen LogP contribution is -2.41. The zero-order valence-corrected chi connectivity index (χ0v) is 17.7. The van der Waals surface area contributed by atoms with E-state index in [0.717, 1.165) is 16.4 Å². The van der Waals surface area contributed by atoms with Gasteiger partial charge in [-0.2, -0.15) is 0 Å². The third-order valence-electron chi connectivity index (χ3n) is 4.63. The lowest BCUT2D eigenvalue weighted by Gasteiger charge is -2.29. The van der Waals surface area contributed by atoms with Crippen molar-refractivity contribution < 1.29 is 9.59 Å². The zero-order valence-electron chi connectivity index (χ0n) is 16.0. The highest BCUT2D eigenvalue weighted by Gasteiger charge is 2.22. The maximum Gasteiger partial charge on any atom is 0.230 e. The van der Waals surface area contributed by atoms with Crippen molar-refractivity contribution in [2.24, 2.45) is 5.92 Å². The van der Waals surface area contributed by atoms with E-state index in [1.54, 1.807) is 0 Å². The summed E-state index contributed by atoms with van der Waals surface area (Å²) in [5, 5.41) is 18.0. The summed E-state index contributed by atoms with van der Waals surface area (Å²) in [4.78, 5) is 23.4. The molecule has 2 amide bonds. The van der Waals surface area contributed by atoms with Crippen molar-refractivity contribution in [2.75, 3.05) is 16.4 Å². The Morgan fingerprint density at radius 2 is 2.00 bits per heavy atom. The minimum Gasteiger partial charge on any atom is -0.352 e. The number of nitrogens with zero attached hydrogens (tertiary/aromatic N) is 2. The SMILES string of the molecule is CC(=O)Nc1cccc(Nc2nnc(SCC(=O)NC3CCCCC3C)s2)c1. The minimum atomic E-state index is -0.118. The van der Waals surface area contributed by atoms with Gasteiger partial charge in [-0.05, 0) is 37.0 Å². The van der Waals surface area contributed by atoms with E-state index in [1.807, 2.05) is 24.3 Å². The van der Waals surface area contributed by atoms with Crippen LogP contribution in [-0.2, 0) is 9.59 Å². The van der Waals surface area contributed by atoms with Gasteiger partial charge in [0.05, 0.1) is 5.75 Å². The molecule has 1 fully saturated rings. The molecule has 3 N–H and O–H groups in total. The topological polar surface area (TPSA) is 96.0 Å². The van der Waals surface area contributed by atoms with Gasteiger partial charge in [-0.3, -0.25) is 9.59 Å². The average Bonchev–Trinajstić information content (AvgIpc) is 3.09. The highest BCUT2D eigenvalue weighted by Crippen LogP contribution is 2.29. The summed E-state index contributed by atoms with van der Waals surface area (Å²) in [6.45, 7) is 3.68. The van der Waals surface area contributed by atoms with Crippen LogP contribution < -0.4 is 16.0 Å². The van der Waals surface area contributed by atoms with Crippen LogP contribution in [0.2, 0.25) is 0 Å². The maximum absolute atomic E-state index is 12.2. The van der Waals surface area contributed by atoms with E-state index >= 15 is 0 Å². The third kappa shape index (κ3) is 6.20. The van der Waals surface area contributed by atoms with Crippen LogP contribution in [0, 0.1) is 5.92 Å². The van der Waals surface area contributed by atoms with Gasteiger partial charge in [-0.1, -0.05) is 48.9 Å². The summed E-state index contributed by atoms with van der Waals surface area (Å²) in [6.07, 6.45) is 4.71. The summed E-state index contributed by atoms with van der Waals surface area (Å²) in [5.41, 5.74) is 1.52. The van der Waals surface area contributed by atoms with Crippen molar-refractivity contribution >= 4 is 51.4 Å². The highest BCUT2D eigenvalue weighted by atomic mass is 32.2. The zero-order chi connectivity index (χ0) is 19.9. The molecule has 1 aromatic heterocycles. The van der Waals surface area contributed by atoms with Gasteiger partial charge in [0.15, 0.2) is 4.34 Å². The van der Waals surface area contributed by atoms with Crippen molar-refractivity contribution in [3.63, 3.8) is 0 Å². The number of aromatic nitrogens is 2. The van der Waals surface area contributed by atoms with Gasteiger partial charge in [-0.15, -0.1) is 10.2 Å². The molecule has 0 aliphatic heterocycles. The molecule has 1 heterocycles. The molecule has 7 nitrogen and oxygen atoms in total. The van der Waals surface area contributed by atoms with Crippen LogP contribution in [0.1, 0.15) is 39.5 Å². The maximum atomic E-state index is 12.2. The predicted molar refractivity (Wildman–Crippen MR) is 114 cm³/mol. The Balaban J connectivity index is 1.49. The molecule has 150 valence electrons. The third-order valence-corrected chi connectivity index (χ3v) is 6.60. The van der Waals surface area contributed by atoms with Crippen LogP contribution in [0.15, 0.2) is 28.6 Å². The average molecular weight is 420 g/mol. The first-order valence-corrected chi connectivity index (χ1v) is 11.2. The fourth-order valence-corrected chi connectivity index (χ4v) is 4.81.